The van der Waals surface area contributed by atoms with Crippen molar-refractivity contribution in [3.05, 3.63) is 35.9 Å². The lowest BCUT2D eigenvalue weighted by Gasteiger charge is -2.41. The number of benzene rings is 1. The van der Waals surface area contributed by atoms with Crippen LogP contribution in [-0.2, 0) is 10.2 Å². The standard InChI is InChI=1S/C18H28N2OS/c1-3-13-22-14-17(21)19-15-18(9-11-20(2)12-10-18)16-7-5-4-6-8-16/h4-8H,3,9-15H2,1-2H3,(H,19,21). The van der Waals surface area contributed by atoms with Crippen LogP contribution >= 0.6 is 11.8 Å². The summed E-state index contributed by atoms with van der Waals surface area (Å²) in [5.74, 6) is 1.81. The minimum Gasteiger partial charge on any atom is -0.354 e. The maximum Gasteiger partial charge on any atom is 0.230 e. The Kier molecular flexibility index (Phi) is 6.77. The molecule has 1 aromatic carbocycles. The van der Waals surface area contributed by atoms with E-state index in [0.717, 1.165) is 44.6 Å². The van der Waals surface area contributed by atoms with Crippen LogP contribution in [0.5, 0.6) is 0 Å². The lowest BCUT2D eigenvalue weighted by molar-refractivity contribution is -0.118. The van der Waals surface area contributed by atoms with Gasteiger partial charge in [-0.2, -0.15) is 11.8 Å². The monoisotopic (exact) mass is 320 g/mol. The second kappa shape index (κ2) is 8.59. The van der Waals surface area contributed by atoms with E-state index in [4.69, 9.17) is 0 Å². The summed E-state index contributed by atoms with van der Waals surface area (Å²) in [7, 11) is 2.18. The normalized spacial score (nSPS) is 18.1. The molecule has 1 N–H and O–H groups in total. The van der Waals surface area contributed by atoms with Crippen LogP contribution in [0.4, 0.5) is 0 Å². The molecule has 1 aliphatic heterocycles. The van der Waals surface area contributed by atoms with Gasteiger partial charge in [0, 0.05) is 12.0 Å². The first kappa shape index (κ1) is 17.4. The zero-order valence-corrected chi connectivity index (χ0v) is 14.6. The Bertz CT molecular complexity index is 455. The van der Waals surface area contributed by atoms with E-state index in [1.54, 1.807) is 11.8 Å². The summed E-state index contributed by atoms with van der Waals surface area (Å²) in [4.78, 5) is 14.4. The Morgan fingerprint density at radius 3 is 2.59 bits per heavy atom. The highest BCUT2D eigenvalue weighted by Gasteiger charge is 2.35. The van der Waals surface area contributed by atoms with Gasteiger partial charge in [-0.15, -0.1) is 0 Å². The van der Waals surface area contributed by atoms with Crippen LogP contribution in [0.3, 0.4) is 0 Å². The van der Waals surface area contributed by atoms with Gasteiger partial charge in [0.05, 0.1) is 5.75 Å². The highest BCUT2D eigenvalue weighted by atomic mass is 32.2. The van der Waals surface area contributed by atoms with Crippen LogP contribution in [0.2, 0.25) is 0 Å². The first-order valence-corrected chi connectivity index (χ1v) is 9.40. The summed E-state index contributed by atoms with van der Waals surface area (Å²) in [5.41, 5.74) is 1.46. The van der Waals surface area contributed by atoms with Gasteiger partial charge in [-0.05, 0) is 50.7 Å². The lowest BCUT2D eigenvalue weighted by atomic mass is 9.72. The van der Waals surface area contributed by atoms with E-state index >= 15 is 0 Å². The zero-order valence-electron chi connectivity index (χ0n) is 13.8. The first-order chi connectivity index (χ1) is 10.7. The van der Waals surface area contributed by atoms with Crippen LogP contribution in [0.15, 0.2) is 30.3 Å². The molecule has 4 heteroatoms. The quantitative estimate of drug-likeness (QED) is 0.784. The van der Waals surface area contributed by atoms with Gasteiger partial charge in [-0.3, -0.25) is 4.79 Å². The number of hydrogen-bond donors (Lipinski definition) is 1. The maximum atomic E-state index is 12.1. The van der Waals surface area contributed by atoms with Crippen molar-refractivity contribution in [2.75, 3.05) is 38.2 Å². The van der Waals surface area contributed by atoms with E-state index in [1.807, 2.05) is 0 Å². The largest absolute Gasteiger partial charge is 0.354 e. The molecule has 1 amide bonds. The molecular weight excluding hydrogens is 292 g/mol. The fraction of sp³-hybridized carbons (Fsp3) is 0.611. The molecule has 1 aliphatic rings. The summed E-state index contributed by atoms with van der Waals surface area (Å²) in [6.45, 7) is 5.09. The van der Waals surface area contributed by atoms with E-state index < -0.39 is 0 Å². The van der Waals surface area contributed by atoms with Crippen molar-refractivity contribution in [2.45, 2.75) is 31.6 Å². The number of carbonyl (C=O) groups is 1. The molecule has 1 aromatic rings. The number of carbonyl (C=O) groups excluding carboxylic acids is 1. The number of rotatable bonds is 7. The van der Waals surface area contributed by atoms with Gasteiger partial charge >= 0.3 is 0 Å². The van der Waals surface area contributed by atoms with Crippen molar-refractivity contribution in [1.82, 2.24) is 10.2 Å². The fourth-order valence-corrected chi connectivity index (χ4v) is 3.75. The fourth-order valence-electron chi connectivity index (χ4n) is 3.03. The molecule has 1 heterocycles. The third-order valence-corrected chi connectivity index (χ3v) is 5.70. The topological polar surface area (TPSA) is 32.3 Å². The van der Waals surface area contributed by atoms with Gasteiger partial charge in [0.15, 0.2) is 0 Å². The lowest BCUT2D eigenvalue weighted by Crippen LogP contribution is -2.48. The summed E-state index contributed by atoms with van der Waals surface area (Å²) >= 11 is 1.72. The molecule has 2 rings (SSSR count). The van der Waals surface area contributed by atoms with Crippen molar-refractivity contribution in [2.24, 2.45) is 0 Å². The molecule has 0 aliphatic carbocycles. The predicted molar refractivity (Wildman–Crippen MR) is 95.5 cm³/mol. The average Bonchev–Trinajstić information content (AvgIpc) is 2.56. The van der Waals surface area contributed by atoms with Crippen LogP contribution < -0.4 is 5.32 Å². The van der Waals surface area contributed by atoms with Gasteiger partial charge in [0.1, 0.15) is 0 Å². The van der Waals surface area contributed by atoms with Crippen molar-refractivity contribution in [1.29, 1.82) is 0 Å². The molecule has 0 unspecified atom stereocenters. The van der Waals surface area contributed by atoms with Gasteiger partial charge in [-0.1, -0.05) is 37.3 Å². The highest BCUT2D eigenvalue weighted by molar-refractivity contribution is 7.99. The van der Waals surface area contributed by atoms with Crippen LogP contribution in [0.25, 0.3) is 0 Å². The average molecular weight is 321 g/mol. The summed E-state index contributed by atoms with van der Waals surface area (Å²) < 4.78 is 0. The zero-order chi connectivity index (χ0) is 15.8. The molecule has 122 valence electrons. The Morgan fingerprint density at radius 2 is 1.95 bits per heavy atom. The number of likely N-dealkylation sites (tertiary alicyclic amines) is 1. The van der Waals surface area contributed by atoms with E-state index in [1.165, 1.54) is 5.56 Å². The summed E-state index contributed by atoms with van der Waals surface area (Å²) in [6.07, 6.45) is 3.34. The third-order valence-electron chi connectivity index (χ3n) is 4.54. The van der Waals surface area contributed by atoms with Gasteiger partial charge in [0.25, 0.3) is 0 Å². The van der Waals surface area contributed by atoms with E-state index in [9.17, 15) is 4.79 Å². The predicted octanol–water partition coefficient (Wildman–Crippen LogP) is 2.91. The smallest absolute Gasteiger partial charge is 0.230 e. The summed E-state index contributed by atoms with van der Waals surface area (Å²) in [6, 6.07) is 10.7. The second-order valence-electron chi connectivity index (χ2n) is 6.28. The highest BCUT2D eigenvalue weighted by Crippen LogP contribution is 2.34. The van der Waals surface area contributed by atoms with Crippen molar-refractivity contribution >= 4 is 17.7 Å². The molecule has 0 bridgehead atoms. The number of hydrogen-bond acceptors (Lipinski definition) is 3. The molecule has 0 saturated carbocycles. The van der Waals surface area contributed by atoms with Crippen LogP contribution in [-0.4, -0.2) is 49.0 Å². The minimum atomic E-state index is 0.0961. The third kappa shape index (κ3) is 4.75. The number of nitrogens with zero attached hydrogens (tertiary/aromatic N) is 1. The van der Waals surface area contributed by atoms with E-state index in [0.29, 0.717) is 5.75 Å². The molecular formula is C18H28N2OS. The second-order valence-corrected chi connectivity index (χ2v) is 7.38. The molecule has 3 nitrogen and oxygen atoms in total. The maximum absolute atomic E-state index is 12.1. The number of nitrogens with one attached hydrogen (secondary N) is 1. The number of amides is 1. The van der Waals surface area contributed by atoms with Crippen molar-refractivity contribution in [3.8, 4) is 0 Å². The van der Waals surface area contributed by atoms with Crippen molar-refractivity contribution < 1.29 is 4.79 Å². The van der Waals surface area contributed by atoms with Gasteiger partial charge < -0.3 is 10.2 Å². The summed E-state index contributed by atoms with van der Waals surface area (Å²) in [5, 5.41) is 3.19. The van der Waals surface area contributed by atoms with E-state index in [-0.39, 0.29) is 11.3 Å². The minimum absolute atomic E-state index is 0.0961. The van der Waals surface area contributed by atoms with Gasteiger partial charge in [-0.25, -0.2) is 0 Å². The molecule has 0 aromatic heterocycles. The molecule has 22 heavy (non-hydrogen) atoms. The van der Waals surface area contributed by atoms with Crippen molar-refractivity contribution in [3.63, 3.8) is 0 Å². The van der Waals surface area contributed by atoms with Crippen LogP contribution in [0.1, 0.15) is 31.7 Å². The Hall–Kier alpha value is -1.00. The molecule has 1 fully saturated rings. The first-order valence-electron chi connectivity index (χ1n) is 8.25. The Labute approximate surface area is 138 Å². The van der Waals surface area contributed by atoms with Gasteiger partial charge in [0.2, 0.25) is 5.91 Å². The van der Waals surface area contributed by atoms with Crippen LogP contribution in [0, 0.1) is 0 Å². The number of thioether (sulfide) groups is 1. The molecule has 0 atom stereocenters. The Balaban J connectivity index is 1.99. The SMILES string of the molecule is CCCSCC(=O)NCC1(c2ccccc2)CCN(C)CC1. The number of piperidine rings is 1. The molecule has 0 spiro atoms. The van der Waals surface area contributed by atoms with E-state index in [2.05, 4.69) is 54.5 Å². The molecule has 1 saturated heterocycles. The molecule has 0 radical (unpaired) electrons. The Morgan fingerprint density at radius 1 is 1.27 bits per heavy atom.